The summed E-state index contributed by atoms with van der Waals surface area (Å²) in [4.78, 5) is 21.9. The van der Waals surface area contributed by atoms with Gasteiger partial charge in [0.05, 0.1) is 29.3 Å². The molecule has 0 fully saturated rings. The fourth-order valence-corrected chi connectivity index (χ4v) is 5.33. The van der Waals surface area contributed by atoms with Gasteiger partial charge < -0.3 is 25.0 Å². The van der Waals surface area contributed by atoms with Gasteiger partial charge in [-0.25, -0.2) is 4.98 Å². The lowest BCUT2D eigenvalue weighted by Crippen LogP contribution is -2.24. The van der Waals surface area contributed by atoms with Crippen LogP contribution >= 0.6 is 46.6 Å². The maximum atomic E-state index is 13.0. The predicted octanol–water partition coefficient (Wildman–Crippen LogP) is 6.75. The quantitative estimate of drug-likeness (QED) is 0.142. The van der Waals surface area contributed by atoms with E-state index in [0.29, 0.717) is 43.4 Å². The van der Waals surface area contributed by atoms with Gasteiger partial charge in [-0.3, -0.25) is 4.79 Å². The molecule has 4 aromatic rings. The van der Waals surface area contributed by atoms with E-state index >= 15 is 0 Å². The molecule has 12 heteroatoms. The second-order valence-electron chi connectivity index (χ2n) is 8.09. The van der Waals surface area contributed by atoms with Crippen LogP contribution in [0.4, 0.5) is 0 Å². The monoisotopic (exact) mass is 605 g/mol. The Morgan fingerprint density at radius 3 is 2.44 bits per heavy atom. The first-order valence-electron chi connectivity index (χ1n) is 11.4. The van der Waals surface area contributed by atoms with Crippen molar-refractivity contribution in [2.75, 3.05) is 14.2 Å². The van der Waals surface area contributed by atoms with E-state index in [0.717, 1.165) is 10.5 Å². The van der Waals surface area contributed by atoms with Crippen LogP contribution in [0.2, 0.25) is 15.1 Å². The zero-order valence-electron chi connectivity index (χ0n) is 20.7. The van der Waals surface area contributed by atoms with Crippen LogP contribution in [0.5, 0.6) is 23.1 Å². The number of ether oxygens (including phenoxy) is 2. The minimum atomic E-state index is -0.727. The number of rotatable bonds is 9. The van der Waals surface area contributed by atoms with E-state index in [1.165, 1.54) is 26.0 Å². The zero-order chi connectivity index (χ0) is 28.1. The highest BCUT2D eigenvalue weighted by molar-refractivity contribution is 7.98. The summed E-state index contributed by atoms with van der Waals surface area (Å²) in [5.74, 6) is -0.584. The Morgan fingerprint density at radius 2 is 1.69 bits per heavy atom. The summed E-state index contributed by atoms with van der Waals surface area (Å²) in [5, 5.41) is 24.5. The largest absolute Gasteiger partial charge is 0.501 e. The van der Waals surface area contributed by atoms with Gasteiger partial charge in [0.2, 0.25) is 5.75 Å². The number of hydrogen-bond donors (Lipinski definition) is 3. The molecule has 0 atom stereocenters. The van der Waals surface area contributed by atoms with Gasteiger partial charge in [-0.1, -0.05) is 65.1 Å². The molecule has 8 nitrogen and oxygen atoms in total. The number of para-hydroxylation sites is 1. The van der Waals surface area contributed by atoms with Gasteiger partial charge in [0.15, 0.2) is 23.0 Å². The van der Waals surface area contributed by atoms with E-state index < -0.39 is 17.5 Å². The van der Waals surface area contributed by atoms with E-state index in [4.69, 9.17) is 44.3 Å². The van der Waals surface area contributed by atoms with Gasteiger partial charge in [0, 0.05) is 28.3 Å². The lowest BCUT2D eigenvalue weighted by atomic mass is 10.1. The molecule has 0 saturated carbocycles. The van der Waals surface area contributed by atoms with E-state index in [1.807, 2.05) is 12.1 Å². The molecule has 0 radical (unpaired) electrons. The normalized spacial score (nSPS) is 10.8. The van der Waals surface area contributed by atoms with Gasteiger partial charge in [0.1, 0.15) is 0 Å². The third-order valence-corrected chi connectivity index (χ3v) is 7.83. The van der Waals surface area contributed by atoms with E-state index in [1.54, 1.807) is 42.5 Å². The van der Waals surface area contributed by atoms with Crippen molar-refractivity contribution in [2.45, 2.75) is 17.2 Å². The summed E-state index contributed by atoms with van der Waals surface area (Å²) < 4.78 is 10.7. The van der Waals surface area contributed by atoms with Crippen molar-refractivity contribution < 1.29 is 24.5 Å². The maximum Gasteiger partial charge on any atom is 0.274 e. The number of nitrogens with zero attached hydrogens (tertiary/aromatic N) is 2. The Kier molecular flexibility index (Phi) is 9.29. The molecule has 1 aromatic heterocycles. The average Bonchev–Trinajstić information content (AvgIpc) is 2.94. The van der Waals surface area contributed by atoms with Crippen molar-refractivity contribution in [3.05, 3.63) is 86.5 Å². The smallest absolute Gasteiger partial charge is 0.274 e. The first-order valence-corrected chi connectivity index (χ1v) is 13.5. The van der Waals surface area contributed by atoms with Crippen molar-refractivity contribution in [2.24, 2.45) is 0 Å². The SMILES string of the molecule is COc1cccc(CNC(=O)c2nc(-c3cccc(CSc4cc(Cl)c(Cl)cc4Cl)c3)nc(O)c2O)c1OC. The summed E-state index contributed by atoms with van der Waals surface area (Å²) in [6.07, 6.45) is 0. The molecule has 4 rings (SSSR count). The lowest BCUT2D eigenvalue weighted by Gasteiger charge is -2.13. The van der Waals surface area contributed by atoms with Crippen molar-refractivity contribution >= 4 is 52.5 Å². The number of aromatic nitrogens is 2. The first kappa shape index (κ1) is 28.6. The second kappa shape index (κ2) is 12.7. The molecule has 0 bridgehead atoms. The standard InChI is InChI=1S/C27H22Cl3N3O5S/c1-37-20-8-4-7-16(24(20)38-2)12-31-26(35)22-23(34)27(36)33-25(32-22)15-6-3-5-14(9-15)13-39-21-11-18(29)17(28)10-19(21)30/h3-11,34H,12-13H2,1-2H3,(H,31,35)(H,32,33,36). The van der Waals surface area contributed by atoms with Gasteiger partial charge in [-0.2, -0.15) is 4.98 Å². The molecule has 39 heavy (non-hydrogen) atoms. The molecule has 0 aliphatic carbocycles. The highest BCUT2D eigenvalue weighted by atomic mass is 35.5. The molecule has 1 amide bonds. The summed E-state index contributed by atoms with van der Waals surface area (Å²) in [6.45, 7) is 0.0583. The molecule has 202 valence electrons. The topological polar surface area (TPSA) is 114 Å². The summed E-state index contributed by atoms with van der Waals surface area (Å²) >= 11 is 19.9. The molecule has 1 heterocycles. The van der Waals surface area contributed by atoms with Crippen molar-refractivity contribution in [1.29, 1.82) is 0 Å². The fraction of sp³-hybridized carbons (Fsp3) is 0.148. The number of carbonyl (C=O) groups excluding carboxylic acids is 1. The molecule has 0 unspecified atom stereocenters. The lowest BCUT2D eigenvalue weighted by molar-refractivity contribution is 0.0941. The predicted molar refractivity (Wildman–Crippen MR) is 153 cm³/mol. The van der Waals surface area contributed by atoms with Crippen LogP contribution in [-0.2, 0) is 12.3 Å². The Bertz CT molecular complexity index is 1540. The van der Waals surface area contributed by atoms with Crippen molar-refractivity contribution in [3.63, 3.8) is 0 Å². The number of nitrogens with one attached hydrogen (secondary N) is 1. The Hall–Kier alpha value is -3.37. The van der Waals surface area contributed by atoms with Crippen LogP contribution in [0.1, 0.15) is 21.6 Å². The number of amides is 1. The van der Waals surface area contributed by atoms with Crippen LogP contribution in [0, 0.1) is 0 Å². The minimum Gasteiger partial charge on any atom is -0.501 e. The average molecular weight is 607 g/mol. The third kappa shape index (κ3) is 6.62. The first-order chi connectivity index (χ1) is 18.7. The van der Waals surface area contributed by atoms with Crippen LogP contribution < -0.4 is 14.8 Å². The van der Waals surface area contributed by atoms with Crippen LogP contribution in [-0.4, -0.2) is 40.3 Å². The highest BCUT2D eigenvalue weighted by Gasteiger charge is 2.21. The molecular weight excluding hydrogens is 585 g/mol. The van der Waals surface area contributed by atoms with Crippen molar-refractivity contribution in [1.82, 2.24) is 15.3 Å². The van der Waals surface area contributed by atoms with Crippen LogP contribution in [0.25, 0.3) is 11.4 Å². The number of benzene rings is 3. The number of aromatic hydroxyl groups is 2. The van der Waals surface area contributed by atoms with E-state index in [9.17, 15) is 15.0 Å². The number of halogens is 3. The highest BCUT2D eigenvalue weighted by Crippen LogP contribution is 2.37. The second-order valence-corrected chi connectivity index (χ2v) is 10.3. The molecule has 0 aliphatic heterocycles. The molecule has 0 spiro atoms. The van der Waals surface area contributed by atoms with Gasteiger partial charge in [-0.15, -0.1) is 11.8 Å². The maximum absolute atomic E-state index is 13.0. The number of carbonyl (C=O) groups is 1. The molecule has 3 N–H and O–H groups in total. The Labute approximate surface area is 243 Å². The molecule has 0 saturated heterocycles. The van der Waals surface area contributed by atoms with Gasteiger partial charge in [0.25, 0.3) is 11.8 Å². The van der Waals surface area contributed by atoms with Crippen molar-refractivity contribution in [3.8, 4) is 34.5 Å². The van der Waals surface area contributed by atoms with E-state index in [2.05, 4.69) is 15.3 Å². The molecular formula is C27H22Cl3N3O5S. The van der Waals surface area contributed by atoms with Gasteiger partial charge >= 0.3 is 0 Å². The summed E-state index contributed by atoms with van der Waals surface area (Å²) in [7, 11) is 3.01. The molecule has 3 aromatic carbocycles. The summed E-state index contributed by atoms with van der Waals surface area (Å²) in [6, 6.07) is 15.8. The minimum absolute atomic E-state index is 0.0583. The van der Waals surface area contributed by atoms with Crippen LogP contribution in [0.15, 0.2) is 59.5 Å². The third-order valence-electron chi connectivity index (χ3n) is 5.56. The number of methoxy groups -OCH3 is 2. The zero-order valence-corrected chi connectivity index (χ0v) is 23.8. The molecule has 0 aliphatic rings. The number of hydrogen-bond acceptors (Lipinski definition) is 8. The Morgan fingerprint density at radius 1 is 0.949 bits per heavy atom. The number of thioether (sulfide) groups is 1. The van der Waals surface area contributed by atoms with Crippen LogP contribution in [0.3, 0.4) is 0 Å². The Balaban J connectivity index is 1.54. The fourth-order valence-electron chi connectivity index (χ4n) is 3.66. The van der Waals surface area contributed by atoms with E-state index in [-0.39, 0.29) is 18.1 Å². The summed E-state index contributed by atoms with van der Waals surface area (Å²) in [5.41, 5.74) is 1.70. The van der Waals surface area contributed by atoms with Gasteiger partial charge in [-0.05, 0) is 29.8 Å².